The Bertz CT molecular complexity index is 813. The van der Waals surface area contributed by atoms with Crippen LogP contribution in [0.4, 0.5) is 0 Å². The van der Waals surface area contributed by atoms with E-state index in [0.717, 1.165) is 27.7 Å². The molecule has 3 aromatic rings. The van der Waals surface area contributed by atoms with Crippen LogP contribution in [0.15, 0.2) is 36.5 Å². The molecule has 1 aromatic carbocycles. The average Bonchev–Trinajstić information content (AvgIpc) is 2.39. The summed E-state index contributed by atoms with van der Waals surface area (Å²) in [6.45, 7) is 3.99. The second kappa shape index (κ2) is 5.04. The Morgan fingerprint density at radius 2 is 1.75 bits per heavy atom. The summed E-state index contributed by atoms with van der Waals surface area (Å²) in [4.78, 5) is 8.64. The van der Waals surface area contributed by atoms with Gasteiger partial charge >= 0.3 is 0 Å². The van der Waals surface area contributed by atoms with Crippen LogP contribution in [0.5, 0.6) is 0 Å². The fourth-order valence-corrected chi connectivity index (χ4v) is 2.78. The highest BCUT2D eigenvalue weighted by molar-refractivity contribution is 6.34. The highest BCUT2D eigenvalue weighted by Gasteiger charge is 2.11. The quantitative estimate of drug-likeness (QED) is 0.576. The number of halogens is 2. The number of hydrogen-bond donors (Lipinski definition) is 0. The van der Waals surface area contributed by atoms with Crippen LogP contribution in [0.2, 0.25) is 10.2 Å². The third kappa shape index (κ3) is 2.26. The van der Waals surface area contributed by atoms with Crippen molar-refractivity contribution in [2.45, 2.75) is 13.8 Å². The van der Waals surface area contributed by atoms with Crippen molar-refractivity contribution in [1.82, 2.24) is 9.97 Å². The first-order chi connectivity index (χ1) is 9.56. The molecule has 0 aliphatic heterocycles. The summed E-state index contributed by atoms with van der Waals surface area (Å²) in [6, 6.07) is 9.68. The van der Waals surface area contributed by atoms with Crippen LogP contribution in [0, 0.1) is 13.8 Å². The summed E-state index contributed by atoms with van der Waals surface area (Å²) >= 11 is 12.3. The van der Waals surface area contributed by atoms with Crippen molar-refractivity contribution in [3.8, 4) is 11.1 Å². The molecule has 0 radical (unpaired) electrons. The number of nitrogens with zero attached hydrogens (tertiary/aromatic N) is 2. The highest BCUT2D eigenvalue weighted by Crippen LogP contribution is 2.34. The highest BCUT2D eigenvalue weighted by atomic mass is 35.5. The van der Waals surface area contributed by atoms with E-state index in [2.05, 4.69) is 23.0 Å². The van der Waals surface area contributed by atoms with E-state index in [4.69, 9.17) is 23.2 Å². The van der Waals surface area contributed by atoms with E-state index in [1.807, 2.05) is 25.1 Å². The predicted molar refractivity (Wildman–Crippen MR) is 84.5 cm³/mol. The third-order valence-corrected chi connectivity index (χ3v) is 3.91. The molecule has 3 rings (SSSR count). The Kier molecular flexibility index (Phi) is 3.36. The van der Waals surface area contributed by atoms with Gasteiger partial charge in [-0.15, -0.1) is 0 Å². The molecule has 0 amide bonds. The molecule has 0 fully saturated rings. The molecule has 0 aliphatic carbocycles. The first kappa shape index (κ1) is 13.3. The zero-order valence-electron chi connectivity index (χ0n) is 11.1. The molecule has 2 nitrogen and oxygen atoms in total. The van der Waals surface area contributed by atoms with E-state index in [-0.39, 0.29) is 0 Å². The molecule has 2 heterocycles. The van der Waals surface area contributed by atoms with Gasteiger partial charge in [0.15, 0.2) is 0 Å². The van der Waals surface area contributed by atoms with Gasteiger partial charge in [-0.2, -0.15) is 0 Å². The third-order valence-electron chi connectivity index (χ3n) is 3.39. The zero-order chi connectivity index (χ0) is 14.3. The Morgan fingerprint density at radius 3 is 2.50 bits per heavy atom. The smallest absolute Gasteiger partial charge is 0.129 e. The number of pyridine rings is 2. The van der Waals surface area contributed by atoms with E-state index in [9.17, 15) is 0 Å². The first-order valence-electron chi connectivity index (χ1n) is 6.24. The number of fused-ring (bicyclic) bond motifs is 1. The van der Waals surface area contributed by atoms with E-state index < -0.39 is 0 Å². The average molecular weight is 303 g/mol. The Morgan fingerprint density at radius 1 is 0.950 bits per heavy atom. The van der Waals surface area contributed by atoms with Crippen molar-refractivity contribution in [2.75, 3.05) is 0 Å². The van der Waals surface area contributed by atoms with Gasteiger partial charge in [-0.25, -0.2) is 4.98 Å². The van der Waals surface area contributed by atoms with E-state index >= 15 is 0 Å². The molecule has 2 aromatic heterocycles. The molecule has 0 atom stereocenters. The maximum atomic E-state index is 6.40. The molecule has 0 bridgehead atoms. The largest absolute Gasteiger partial charge is 0.256 e. The second-order valence-electron chi connectivity index (χ2n) is 4.74. The van der Waals surface area contributed by atoms with Gasteiger partial charge in [0.05, 0.1) is 10.5 Å². The lowest BCUT2D eigenvalue weighted by Crippen LogP contribution is -1.91. The summed E-state index contributed by atoms with van der Waals surface area (Å²) in [5, 5.41) is 2.25. The molecular formula is C16H12Cl2N2. The molecule has 0 saturated carbocycles. The number of benzene rings is 1. The molecule has 0 saturated heterocycles. The van der Waals surface area contributed by atoms with E-state index in [0.29, 0.717) is 10.2 Å². The summed E-state index contributed by atoms with van der Waals surface area (Å²) in [6.07, 6.45) is 1.79. The second-order valence-corrected chi connectivity index (χ2v) is 5.54. The zero-order valence-corrected chi connectivity index (χ0v) is 12.6. The van der Waals surface area contributed by atoms with Gasteiger partial charge in [-0.3, -0.25) is 4.98 Å². The van der Waals surface area contributed by atoms with Crippen LogP contribution in [0.25, 0.3) is 22.0 Å². The predicted octanol–water partition coefficient (Wildman–Crippen LogP) is 5.22. The van der Waals surface area contributed by atoms with Crippen molar-refractivity contribution < 1.29 is 0 Å². The Hall–Kier alpha value is -1.64. The summed E-state index contributed by atoms with van der Waals surface area (Å²) < 4.78 is 0. The standard InChI is InChI=1S/C16H12Cl2N2/c1-9-5-6-19-15-8-14(17)13(7-12(9)15)11-3-4-16(18)20-10(11)2/h3-8H,1-2H3. The summed E-state index contributed by atoms with van der Waals surface area (Å²) in [5.74, 6) is 0. The molecule has 100 valence electrons. The van der Waals surface area contributed by atoms with Crippen LogP contribution in [0.1, 0.15) is 11.3 Å². The van der Waals surface area contributed by atoms with Gasteiger partial charge in [0.2, 0.25) is 0 Å². The van der Waals surface area contributed by atoms with Crippen molar-refractivity contribution >= 4 is 34.1 Å². The van der Waals surface area contributed by atoms with Crippen molar-refractivity contribution in [3.05, 3.63) is 58.0 Å². The topological polar surface area (TPSA) is 25.8 Å². The van der Waals surface area contributed by atoms with E-state index in [1.54, 1.807) is 12.3 Å². The Balaban J connectivity index is 2.30. The lowest BCUT2D eigenvalue weighted by atomic mass is 10.0. The molecule has 4 heteroatoms. The fourth-order valence-electron chi connectivity index (χ4n) is 2.33. The normalized spacial score (nSPS) is 11.0. The van der Waals surface area contributed by atoms with Crippen molar-refractivity contribution in [3.63, 3.8) is 0 Å². The molecular weight excluding hydrogens is 291 g/mol. The van der Waals surface area contributed by atoms with Crippen LogP contribution in [-0.2, 0) is 0 Å². The van der Waals surface area contributed by atoms with Crippen molar-refractivity contribution in [1.29, 1.82) is 0 Å². The van der Waals surface area contributed by atoms with Gasteiger partial charge in [-0.05, 0) is 49.7 Å². The first-order valence-corrected chi connectivity index (χ1v) is 7.00. The minimum atomic E-state index is 0.487. The molecule has 20 heavy (non-hydrogen) atoms. The van der Waals surface area contributed by atoms with Crippen LogP contribution >= 0.6 is 23.2 Å². The SMILES string of the molecule is Cc1nc(Cl)ccc1-c1cc2c(C)ccnc2cc1Cl. The van der Waals surface area contributed by atoms with Gasteiger partial charge in [-0.1, -0.05) is 23.2 Å². The Labute approximate surface area is 127 Å². The fraction of sp³-hybridized carbons (Fsp3) is 0.125. The number of rotatable bonds is 1. The number of aryl methyl sites for hydroxylation is 2. The molecule has 0 unspecified atom stereocenters. The maximum absolute atomic E-state index is 6.40. The lowest BCUT2D eigenvalue weighted by Gasteiger charge is -2.10. The van der Waals surface area contributed by atoms with Gasteiger partial charge in [0, 0.05) is 28.4 Å². The van der Waals surface area contributed by atoms with Gasteiger partial charge < -0.3 is 0 Å². The summed E-state index contributed by atoms with van der Waals surface area (Å²) in [5.41, 5.74) is 4.88. The van der Waals surface area contributed by atoms with Crippen molar-refractivity contribution in [2.24, 2.45) is 0 Å². The lowest BCUT2D eigenvalue weighted by molar-refractivity contribution is 1.20. The van der Waals surface area contributed by atoms with Crippen LogP contribution in [-0.4, -0.2) is 9.97 Å². The minimum Gasteiger partial charge on any atom is -0.256 e. The van der Waals surface area contributed by atoms with E-state index in [1.165, 1.54) is 5.56 Å². The van der Waals surface area contributed by atoms with Gasteiger partial charge in [0.1, 0.15) is 5.15 Å². The van der Waals surface area contributed by atoms with Crippen LogP contribution < -0.4 is 0 Å². The number of aromatic nitrogens is 2. The number of hydrogen-bond acceptors (Lipinski definition) is 2. The molecule has 0 spiro atoms. The van der Waals surface area contributed by atoms with Crippen LogP contribution in [0.3, 0.4) is 0 Å². The summed E-state index contributed by atoms with van der Waals surface area (Å²) in [7, 11) is 0. The maximum Gasteiger partial charge on any atom is 0.129 e. The molecule has 0 aliphatic rings. The van der Waals surface area contributed by atoms with Gasteiger partial charge in [0.25, 0.3) is 0 Å². The monoisotopic (exact) mass is 302 g/mol. The minimum absolute atomic E-state index is 0.487. The molecule has 0 N–H and O–H groups in total.